The molecule has 0 radical (unpaired) electrons. The van der Waals surface area contributed by atoms with Crippen LogP contribution in [0.5, 0.6) is 0 Å². The molecule has 2 aromatic heterocycles. The van der Waals surface area contributed by atoms with E-state index in [1.165, 1.54) is 16.7 Å². The second-order valence-electron chi connectivity index (χ2n) is 4.92. The molecule has 1 fully saturated rings. The Balaban J connectivity index is 1.82. The van der Waals surface area contributed by atoms with Gasteiger partial charge in [0.1, 0.15) is 10.7 Å². The van der Waals surface area contributed by atoms with Crippen LogP contribution >= 0.6 is 0 Å². The van der Waals surface area contributed by atoms with Crippen LogP contribution < -0.4 is 0 Å². The summed E-state index contributed by atoms with van der Waals surface area (Å²) in [6.45, 7) is 2.76. The second-order valence-corrected chi connectivity index (χ2v) is 6.85. The predicted molar refractivity (Wildman–Crippen MR) is 70.4 cm³/mol. The predicted octanol–water partition coefficient (Wildman–Crippen LogP) is 0.405. The molecule has 3 heterocycles. The van der Waals surface area contributed by atoms with Gasteiger partial charge in [0.25, 0.3) is 0 Å². The average Bonchev–Trinajstić information content (AvgIpc) is 3.10. The maximum absolute atomic E-state index is 12.4. The highest BCUT2D eigenvalue weighted by Gasteiger charge is 2.32. The number of piperidine rings is 1. The van der Waals surface area contributed by atoms with Gasteiger partial charge in [0.15, 0.2) is 5.82 Å². The van der Waals surface area contributed by atoms with Crippen molar-refractivity contribution in [2.24, 2.45) is 0 Å². The molecule has 9 heteroatoms. The maximum atomic E-state index is 12.4. The van der Waals surface area contributed by atoms with Crippen molar-refractivity contribution in [1.82, 2.24) is 29.7 Å². The summed E-state index contributed by atoms with van der Waals surface area (Å²) < 4.78 is 26.4. The summed E-state index contributed by atoms with van der Waals surface area (Å²) in [5.41, 5.74) is 0. The molecule has 8 nitrogen and oxygen atoms in total. The molecule has 3 rings (SSSR count). The van der Waals surface area contributed by atoms with Crippen molar-refractivity contribution in [3.63, 3.8) is 0 Å². The molecule has 0 aromatic carbocycles. The molecule has 2 N–H and O–H groups in total. The van der Waals surface area contributed by atoms with Crippen molar-refractivity contribution in [2.45, 2.75) is 30.6 Å². The Bertz CT molecular complexity index is 678. The lowest BCUT2D eigenvalue weighted by atomic mass is 9.99. The van der Waals surface area contributed by atoms with Gasteiger partial charge in [-0.2, -0.15) is 14.5 Å². The zero-order chi connectivity index (χ0) is 14.2. The summed E-state index contributed by atoms with van der Waals surface area (Å²) in [4.78, 5) is 4.51. The fourth-order valence-electron chi connectivity index (χ4n) is 2.44. The Hall–Kier alpha value is -1.74. The van der Waals surface area contributed by atoms with E-state index in [0.29, 0.717) is 18.9 Å². The number of aromatic nitrogens is 5. The molecular formula is C11H16N6O2S. The summed E-state index contributed by atoms with van der Waals surface area (Å²) in [6.07, 6.45) is 4.43. The molecule has 0 spiro atoms. The molecule has 1 saturated heterocycles. The highest BCUT2D eigenvalue weighted by Crippen LogP contribution is 2.28. The Morgan fingerprint density at radius 3 is 2.95 bits per heavy atom. The molecule has 2 aromatic rings. The third-order valence-electron chi connectivity index (χ3n) is 3.47. The molecular weight excluding hydrogens is 280 g/mol. The number of hydrogen-bond donors (Lipinski definition) is 2. The fourth-order valence-corrected chi connectivity index (χ4v) is 3.87. The summed E-state index contributed by atoms with van der Waals surface area (Å²) in [7, 11) is -3.48. The SMILES string of the molecule is Cc1nc(C2CCCN(S(=O)(=O)c3cn[nH]c3)C2)n[nH]1. The van der Waals surface area contributed by atoms with Gasteiger partial charge in [-0.1, -0.05) is 0 Å². The fraction of sp³-hybridized carbons (Fsp3) is 0.545. The molecule has 1 aliphatic rings. The molecule has 0 amide bonds. The Labute approximate surface area is 116 Å². The molecule has 0 bridgehead atoms. The summed E-state index contributed by atoms with van der Waals surface area (Å²) in [5, 5.41) is 13.2. The van der Waals surface area contributed by atoms with E-state index < -0.39 is 10.0 Å². The van der Waals surface area contributed by atoms with E-state index in [-0.39, 0.29) is 10.8 Å². The van der Waals surface area contributed by atoms with Gasteiger partial charge in [0.05, 0.1) is 6.20 Å². The third kappa shape index (κ3) is 2.34. The van der Waals surface area contributed by atoms with Crippen LogP contribution in [-0.2, 0) is 10.0 Å². The summed E-state index contributed by atoms with van der Waals surface area (Å²) in [5.74, 6) is 1.47. The van der Waals surface area contributed by atoms with Gasteiger partial charge in [0.2, 0.25) is 10.0 Å². The van der Waals surface area contributed by atoms with Gasteiger partial charge in [-0.25, -0.2) is 13.4 Å². The highest BCUT2D eigenvalue weighted by molar-refractivity contribution is 7.89. The van der Waals surface area contributed by atoms with Crippen molar-refractivity contribution in [1.29, 1.82) is 0 Å². The summed E-state index contributed by atoms with van der Waals surface area (Å²) >= 11 is 0. The van der Waals surface area contributed by atoms with Gasteiger partial charge in [-0.15, -0.1) is 0 Å². The molecule has 20 heavy (non-hydrogen) atoms. The van der Waals surface area contributed by atoms with Crippen molar-refractivity contribution < 1.29 is 8.42 Å². The van der Waals surface area contributed by atoms with Crippen LogP contribution in [0.3, 0.4) is 0 Å². The third-order valence-corrected chi connectivity index (χ3v) is 5.31. The highest BCUT2D eigenvalue weighted by atomic mass is 32.2. The van der Waals surface area contributed by atoms with E-state index in [0.717, 1.165) is 18.7 Å². The topological polar surface area (TPSA) is 108 Å². The Kier molecular flexibility index (Phi) is 3.30. The van der Waals surface area contributed by atoms with Gasteiger partial charge >= 0.3 is 0 Å². The van der Waals surface area contributed by atoms with Crippen molar-refractivity contribution in [3.8, 4) is 0 Å². The van der Waals surface area contributed by atoms with E-state index >= 15 is 0 Å². The number of nitrogens with one attached hydrogen (secondary N) is 2. The minimum absolute atomic E-state index is 0.0374. The van der Waals surface area contributed by atoms with Crippen LogP contribution in [0.15, 0.2) is 17.3 Å². The first-order valence-electron chi connectivity index (χ1n) is 6.45. The van der Waals surface area contributed by atoms with Crippen molar-refractivity contribution in [2.75, 3.05) is 13.1 Å². The van der Waals surface area contributed by atoms with Crippen LogP contribution in [0, 0.1) is 6.92 Å². The molecule has 0 saturated carbocycles. The first-order chi connectivity index (χ1) is 9.57. The Morgan fingerprint density at radius 1 is 1.45 bits per heavy atom. The smallest absolute Gasteiger partial charge is 0.246 e. The van der Waals surface area contributed by atoms with Gasteiger partial charge < -0.3 is 0 Å². The maximum Gasteiger partial charge on any atom is 0.246 e. The van der Waals surface area contributed by atoms with Crippen LogP contribution in [0.4, 0.5) is 0 Å². The van der Waals surface area contributed by atoms with E-state index in [9.17, 15) is 8.42 Å². The molecule has 1 unspecified atom stereocenters. The zero-order valence-corrected chi connectivity index (χ0v) is 11.9. The number of nitrogens with zero attached hydrogens (tertiary/aromatic N) is 4. The molecule has 108 valence electrons. The van der Waals surface area contributed by atoms with Gasteiger partial charge in [0, 0.05) is 25.2 Å². The number of hydrogen-bond acceptors (Lipinski definition) is 5. The van der Waals surface area contributed by atoms with Gasteiger partial charge in [-0.05, 0) is 19.8 Å². The molecule has 1 atom stereocenters. The van der Waals surface area contributed by atoms with E-state index in [2.05, 4.69) is 25.4 Å². The number of rotatable bonds is 3. The largest absolute Gasteiger partial charge is 0.284 e. The van der Waals surface area contributed by atoms with E-state index in [4.69, 9.17) is 0 Å². The monoisotopic (exact) mass is 296 g/mol. The normalized spacial score (nSPS) is 21.1. The van der Waals surface area contributed by atoms with Crippen LogP contribution in [0.25, 0.3) is 0 Å². The number of aromatic amines is 2. The molecule has 1 aliphatic heterocycles. The first-order valence-corrected chi connectivity index (χ1v) is 7.89. The number of aryl methyl sites for hydroxylation is 1. The first kappa shape index (κ1) is 13.3. The van der Waals surface area contributed by atoms with Gasteiger partial charge in [-0.3, -0.25) is 10.2 Å². The van der Waals surface area contributed by atoms with Crippen molar-refractivity contribution in [3.05, 3.63) is 24.0 Å². The van der Waals surface area contributed by atoms with E-state index in [1.54, 1.807) is 0 Å². The van der Waals surface area contributed by atoms with Crippen LogP contribution in [-0.4, -0.2) is 51.2 Å². The lowest BCUT2D eigenvalue weighted by Gasteiger charge is -2.30. The number of H-pyrrole nitrogens is 2. The average molecular weight is 296 g/mol. The molecule has 0 aliphatic carbocycles. The van der Waals surface area contributed by atoms with E-state index in [1.807, 2.05) is 6.92 Å². The minimum atomic E-state index is -3.48. The second kappa shape index (κ2) is 4.98. The summed E-state index contributed by atoms with van der Waals surface area (Å²) in [6, 6.07) is 0. The standard InChI is InChI=1S/C11H16N6O2S/c1-8-14-11(16-15-8)9-3-2-4-17(7-9)20(18,19)10-5-12-13-6-10/h5-6,9H,2-4,7H2,1H3,(H,12,13)(H,14,15,16). The lowest BCUT2D eigenvalue weighted by Crippen LogP contribution is -2.39. The van der Waals surface area contributed by atoms with Crippen LogP contribution in [0.2, 0.25) is 0 Å². The lowest BCUT2D eigenvalue weighted by molar-refractivity contribution is 0.309. The number of sulfonamides is 1. The van der Waals surface area contributed by atoms with Crippen molar-refractivity contribution >= 4 is 10.0 Å². The minimum Gasteiger partial charge on any atom is -0.284 e. The zero-order valence-electron chi connectivity index (χ0n) is 11.1. The quantitative estimate of drug-likeness (QED) is 0.852. The van der Waals surface area contributed by atoms with Crippen LogP contribution in [0.1, 0.15) is 30.4 Å². The Morgan fingerprint density at radius 2 is 2.30 bits per heavy atom.